The van der Waals surface area contributed by atoms with E-state index in [0.717, 1.165) is 18.3 Å². The molecule has 0 atom stereocenters. The maximum atomic E-state index is 12.0. The van der Waals surface area contributed by atoms with Crippen molar-refractivity contribution in [1.82, 2.24) is 9.71 Å². The number of rotatable bonds is 4. The standard InChI is InChI=1S/C8H7F3N2O4S/c9-8(10,11)18(16,17)13-4-6-3-5(7(14)15)1-2-12-6/h1-3,13H,4H2,(H,14,15). The second kappa shape index (κ2) is 4.90. The van der Waals surface area contributed by atoms with Crippen LogP contribution in [0.1, 0.15) is 16.1 Å². The highest BCUT2D eigenvalue weighted by atomic mass is 32.2. The number of aromatic nitrogens is 1. The van der Waals surface area contributed by atoms with E-state index in [0.29, 0.717) is 0 Å². The zero-order chi connectivity index (χ0) is 14.0. The molecule has 1 rings (SSSR count). The minimum absolute atomic E-state index is 0.136. The van der Waals surface area contributed by atoms with Gasteiger partial charge in [0.15, 0.2) is 0 Å². The van der Waals surface area contributed by atoms with E-state index in [2.05, 4.69) is 4.98 Å². The number of carboxylic acid groups (broad SMARTS) is 1. The van der Waals surface area contributed by atoms with E-state index in [9.17, 15) is 26.4 Å². The number of carbonyl (C=O) groups is 1. The molecule has 0 saturated carbocycles. The van der Waals surface area contributed by atoms with Gasteiger partial charge < -0.3 is 5.11 Å². The highest BCUT2D eigenvalue weighted by Gasteiger charge is 2.45. The summed E-state index contributed by atoms with van der Waals surface area (Å²) in [5.74, 6) is -1.29. The van der Waals surface area contributed by atoms with Gasteiger partial charge in [-0.2, -0.15) is 13.2 Å². The lowest BCUT2D eigenvalue weighted by Crippen LogP contribution is -2.36. The first-order chi connectivity index (χ1) is 8.13. The Morgan fingerprint density at radius 2 is 2.06 bits per heavy atom. The third kappa shape index (κ3) is 3.40. The van der Waals surface area contributed by atoms with E-state index in [1.807, 2.05) is 0 Å². The number of hydrogen-bond acceptors (Lipinski definition) is 4. The van der Waals surface area contributed by atoms with Gasteiger partial charge in [-0.25, -0.2) is 17.9 Å². The van der Waals surface area contributed by atoms with Gasteiger partial charge in [0.1, 0.15) is 0 Å². The summed E-state index contributed by atoms with van der Waals surface area (Å²) in [6.07, 6.45) is 1.06. The Labute approximate surface area is 99.5 Å². The maximum Gasteiger partial charge on any atom is 0.511 e. The van der Waals surface area contributed by atoms with Crippen molar-refractivity contribution in [1.29, 1.82) is 0 Å². The Kier molecular flexibility index (Phi) is 3.92. The molecule has 0 amide bonds. The van der Waals surface area contributed by atoms with Crippen molar-refractivity contribution in [3.8, 4) is 0 Å². The van der Waals surface area contributed by atoms with Crippen molar-refractivity contribution < 1.29 is 31.5 Å². The number of hydrogen-bond donors (Lipinski definition) is 2. The molecule has 0 bridgehead atoms. The fourth-order valence-electron chi connectivity index (χ4n) is 0.959. The largest absolute Gasteiger partial charge is 0.511 e. The normalized spacial score (nSPS) is 12.4. The molecule has 10 heteroatoms. The molecule has 6 nitrogen and oxygen atoms in total. The number of nitrogens with zero attached hydrogens (tertiary/aromatic N) is 1. The van der Waals surface area contributed by atoms with Crippen molar-refractivity contribution in [2.24, 2.45) is 0 Å². The minimum atomic E-state index is -5.47. The first-order valence-corrected chi connectivity index (χ1v) is 5.86. The maximum absolute atomic E-state index is 12.0. The van der Waals surface area contributed by atoms with Crippen LogP contribution in [0.15, 0.2) is 18.3 Å². The van der Waals surface area contributed by atoms with Crippen molar-refractivity contribution in [2.75, 3.05) is 0 Å². The molecular weight excluding hydrogens is 277 g/mol. The Hall–Kier alpha value is -1.68. The van der Waals surface area contributed by atoms with Gasteiger partial charge in [-0.3, -0.25) is 4.98 Å². The molecular formula is C8H7F3N2O4S. The van der Waals surface area contributed by atoms with E-state index in [1.54, 1.807) is 0 Å². The lowest BCUT2D eigenvalue weighted by molar-refractivity contribution is -0.0448. The lowest BCUT2D eigenvalue weighted by Gasteiger charge is -2.09. The zero-order valence-corrected chi connectivity index (χ0v) is 9.42. The van der Waals surface area contributed by atoms with Crippen LogP contribution < -0.4 is 4.72 Å². The van der Waals surface area contributed by atoms with Crippen LogP contribution in [0.25, 0.3) is 0 Å². The Morgan fingerprint density at radius 1 is 1.44 bits per heavy atom. The molecule has 1 aromatic rings. The molecule has 0 aliphatic rings. The highest BCUT2D eigenvalue weighted by molar-refractivity contribution is 7.90. The summed E-state index contributed by atoms with van der Waals surface area (Å²) in [6.45, 7) is -0.747. The smallest absolute Gasteiger partial charge is 0.478 e. The molecule has 0 aromatic carbocycles. The number of aromatic carboxylic acids is 1. The summed E-state index contributed by atoms with van der Waals surface area (Å²) in [4.78, 5) is 14.1. The van der Waals surface area contributed by atoms with Crippen LogP contribution in [0.3, 0.4) is 0 Å². The van der Waals surface area contributed by atoms with E-state index < -0.39 is 28.0 Å². The molecule has 0 fully saturated rings. The molecule has 0 radical (unpaired) electrons. The summed E-state index contributed by atoms with van der Waals surface area (Å²) in [6, 6.07) is 2.10. The fraction of sp³-hybridized carbons (Fsp3) is 0.250. The second-order valence-corrected chi connectivity index (χ2v) is 4.87. The third-order valence-electron chi connectivity index (χ3n) is 1.81. The van der Waals surface area contributed by atoms with Gasteiger partial charge in [0.25, 0.3) is 0 Å². The summed E-state index contributed by atoms with van der Waals surface area (Å²) < 4.78 is 58.5. The molecule has 1 heterocycles. The number of halogens is 3. The van der Waals surface area contributed by atoms with Gasteiger partial charge in [-0.05, 0) is 12.1 Å². The Morgan fingerprint density at radius 3 is 2.56 bits per heavy atom. The predicted molar refractivity (Wildman–Crippen MR) is 53.0 cm³/mol. The van der Waals surface area contributed by atoms with Crippen LogP contribution in [-0.2, 0) is 16.6 Å². The Bertz CT molecular complexity index is 556. The molecule has 1 aromatic heterocycles. The summed E-state index contributed by atoms with van der Waals surface area (Å²) in [7, 11) is -5.47. The SMILES string of the molecule is O=C(O)c1ccnc(CNS(=O)(=O)C(F)(F)F)c1. The van der Waals surface area contributed by atoms with Crippen molar-refractivity contribution in [3.63, 3.8) is 0 Å². The molecule has 0 aliphatic carbocycles. The molecule has 0 unspecified atom stereocenters. The summed E-state index contributed by atoms with van der Waals surface area (Å²) in [5.41, 5.74) is -5.76. The second-order valence-electron chi connectivity index (χ2n) is 3.11. The van der Waals surface area contributed by atoms with E-state index in [1.165, 1.54) is 4.72 Å². The predicted octanol–water partition coefficient (Wildman–Crippen LogP) is 0.719. The van der Waals surface area contributed by atoms with Crippen molar-refractivity contribution >= 4 is 16.0 Å². The summed E-state index contributed by atoms with van der Waals surface area (Å²) >= 11 is 0. The van der Waals surface area contributed by atoms with Crippen LogP contribution >= 0.6 is 0 Å². The minimum Gasteiger partial charge on any atom is -0.478 e. The molecule has 18 heavy (non-hydrogen) atoms. The molecule has 2 N–H and O–H groups in total. The first-order valence-electron chi connectivity index (χ1n) is 4.37. The zero-order valence-electron chi connectivity index (χ0n) is 8.60. The van der Waals surface area contributed by atoms with E-state index >= 15 is 0 Å². The van der Waals surface area contributed by atoms with Crippen LogP contribution in [-0.4, -0.2) is 30.0 Å². The highest BCUT2D eigenvalue weighted by Crippen LogP contribution is 2.21. The topological polar surface area (TPSA) is 96.4 Å². The lowest BCUT2D eigenvalue weighted by atomic mass is 10.2. The monoisotopic (exact) mass is 284 g/mol. The molecule has 100 valence electrons. The van der Waals surface area contributed by atoms with Crippen molar-refractivity contribution in [3.05, 3.63) is 29.6 Å². The summed E-state index contributed by atoms with van der Waals surface area (Å²) in [5, 5.41) is 8.62. The van der Waals surface area contributed by atoms with E-state index in [4.69, 9.17) is 5.11 Å². The van der Waals surface area contributed by atoms with Gasteiger partial charge in [0.2, 0.25) is 0 Å². The van der Waals surface area contributed by atoms with Gasteiger partial charge in [0.05, 0.1) is 17.8 Å². The van der Waals surface area contributed by atoms with Crippen molar-refractivity contribution in [2.45, 2.75) is 12.1 Å². The number of nitrogens with one attached hydrogen (secondary N) is 1. The number of pyridine rings is 1. The van der Waals surface area contributed by atoms with Crippen LogP contribution in [0, 0.1) is 0 Å². The van der Waals surface area contributed by atoms with E-state index in [-0.39, 0.29) is 11.3 Å². The number of sulfonamides is 1. The quantitative estimate of drug-likeness (QED) is 0.849. The average molecular weight is 284 g/mol. The van der Waals surface area contributed by atoms with Gasteiger partial charge in [-0.15, -0.1) is 0 Å². The van der Waals surface area contributed by atoms with Crippen LogP contribution in [0.4, 0.5) is 13.2 Å². The molecule has 0 aliphatic heterocycles. The number of carboxylic acids is 1. The van der Waals surface area contributed by atoms with Gasteiger partial charge in [-0.1, -0.05) is 0 Å². The Balaban J connectivity index is 2.82. The van der Waals surface area contributed by atoms with Crippen LogP contribution in [0.2, 0.25) is 0 Å². The van der Waals surface area contributed by atoms with Gasteiger partial charge >= 0.3 is 21.5 Å². The van der Waals surface area contributed by atoms with Gasteiger partial charge in [0, 0.05) is 6.20 Å². The molecule has 0 spiro atoms. The third-order valence-corrected chi connectivity index (χ3v) is 2.95. The number of alkyl halides is 3. The first kappa shape index (κ1) is 14.4. The molecule has 0 saturated heterocycles. The van der Waals surface area contributed by atoms with Crippen LogP contribution in [0.5, 0.6) is 0 Å². The average Bonchev–Trinajstić information content (AvgIpc) is 2.25. The fourth-order valence-corrected chi connectivity index (χ4v) is 1.46.